The minimum absolute atomic E-state index is 0.0764. The highest BCUT2D eigenvalue weighted by atomic mass is 16.4. The molecule has 0 aromatic heterocycles. The van der Waals surface area contributed by atoms with E-state index in [1.54, 1.807) is 4.90 Å². The van der Waals surface area contributed by atoms with Gasteiger partial charge in [-0.15, -0.1) is 0 Å². The Morgan fingerprint density at radius 3 is 2.75 bits per heavy atom. The fourth-order valence-corrected chi connectivity index (χ4v) is 3.39. The summed E-state index contributed by atoms with van der Waals surface area (Å²) in [5.74, 6) is -1.14. The lowest BCUT2D eigenvalue weighted by Gasteiger charge is -2.28. The Hall–Kier alpha value is -1.84. The van der Waals surface area contributed by atoms with Crippen LogP contribution < -0.4 is 0 Å². The number of carbonyl (C=O) groups excluding carboxylic acids is 1. The highest BCUT2D eigenvalue weighted by molar-refractivity contribution is 5.85. The predicted octanol–water partition coefficient (Wildman–Crippen LogP) is 2.04. The molecule has 1 aliphatic carbocycles. The van der Waals surface area contributed by atoms with Crippen molar-refractivity contribution in [3.8, 4) is 0 Å². The second-order valence-corrected chi connectivity index (χ2v) is 5.75. The van der Waals surface area contributed by atoms with Gasteiger partial charge in [0, 0.05) is 13.1 Å². The van der Waals surface area contributed by atoms with E-state index in [0.717, 1.165) is 24.8 Å². The number of benzene rings is 1. The van der Waals surface area contributed by atoms with Crippen LogP contribution in [0.25, 0.3) is 0 Å². The highest BCUT2D eigenvalue weighted by Crippen LogP contribution is 2.34. The number of aliphatic carboxylic acids is 1. The molecule has 0 saturated carbocycles. The number of rotatable bonds is 2. The number of aryl methyl sites for hydroxylation is 1. The second kappa shape index (κ2) is 5.27. The number of carbonyl (C=O) groups is 2. The van der Waals surface area contributed by atoms with E-state index in [-0.39, 0.29) is 11.8 Å². The van der Waals surface area contributed by atoms with E-state index in [4.69, 9.17) is 5.11 Å². The molecule has 1 aromatic carbocycles. The average molecular weight is 273 g/mol. The molecule has 1 heterocycles. The zero-order valence-corrected chi connectivity index (χ0v) is 11.4. The number of fused-ring (bicyclic) bond motifs is 1. The summed E-state index contributed by atoms with van der Waals surface area (Å²) in [5, 5.41) is 9.04. The minimum Gasteiger partial charge on any atom is -0.481 e. The molecule has 0 radical (unpaired) electrons. The Bertz CT molecular complexity index is 540. The first-order valence-corrected chi connectivity index (χ1v) is 7.26. The normalized spacial score (nSPS) is 25.3. The monoisotopic (exact) mass is 273 g/mol. The van der Waals surface area contributed by atoms with E-state index < -0.39 is 11.9 Å². The van der Waals surface area contributed by atoms with Gasteiger partial charge in [-0.3, -0.25) is 9.59 Å². The molecule has 2 atom stereocenters. The van der Waals surface area contributed by atoms with Gasteiger partial charge in [0.1, 0.15) is 0 Å². The van der Waals surface area contributed by atoms with Gasteiger partial charge >= 0.3 is 5.97 Å². The van der Waals surface area contributed by atoms with Crippen LogP contribution in [-0.4, -0.2) is 35.0 Å². The Labute approximate surface area is 118 Å². The third-order valence-electron chi connectivity index (χ3n) is 4.52. The Morgan fingerprint density at radius 1 is 1.20 bits per heavy atom. The molecule has 3 rings (SSSR count). The number of hydrogen-bond acceptors (Lipinski definition) is 2. The average Bonchev–Trinajstić information content (AvgIpc) is 2.96. The topological polar surface area (TPSA) is 57.6 Å². The summed E-state index contributed by atoms with van der Waals surface area (Å²) in [6.45, 7) is 0.946. The predicted molar refractivity (Wildman–Crippen MR) is 74.4 cm³/mol. The van der Waals surface area contributed by atoms with Gasteiger partial charge in [-0.1, -0.05) is 24.3 Å². The Kier molecular flexibility index (Phi) is 3.47. The standard InChI is InChI=1S/C16H19NO3/c18-15(17-9-8-12(10-17)16(19)20)14-7-3-5-11-4-1-2-6-13(11)14/h1-2,4,6,12,14H,3,5,7-10H2,(H,19,20)/t12-,14-/m1/s1. The van der Waals surface area contributed by atoms with Crippen LogP contribution in [0, 0.1) is 5.92 Å². The number of carboxylic acids is 1. The third-order valence-corrected chi connectivity index (χ3v) is 4.52. The summed E-state index contributed by atoms with van der Waals surface area (Å²) in [7, 11) is 0. The molecular weight excluding hydrogens is 254 g/mol. The van der Waals surface area contributed by atoms with Gasteiger partial charge in [-0.25, -0.2) is 0 Å². The van der Waals surface area contributed by atoms with E-state index in [9.17, 15) is 9.59 Å². The van der Waals surface area contributed by atoms with Crippen molar-refractivity contribution in [2.24, 2.45) is 5.92 Å². The number of nitrogens with zero attached hydrogens (tertiary/aromatic N) is 1. The molecule has 1 aromatic rings. The fourth-order valence-electron chi connectivity index (χ4n) is 3.39. The van der Waals surface area contributed by atoms with Crippen molar-refractivity contribution in [1.82, 2.24) is 4.90 Å². The molecule has 0 unspecified atom stereocenters. The minimum atomic E-state index is -0.788. The lowest BCUT2D eigenvalue weighted by molar-refractivity contribution is -0.141. The third kappa shape index (κ3) is 2.30. The zero-order valence-electron chi connectivity index (χ0n) is 11.4. The molecule has 20 heavy (non-hydrogen) atoms. The van der Waals surface area contributed by atoms with E-state index in [0.29, 0.717) is 19.5 Å². The van der Waals surface area contributed by atoms with Crippen molar-refractivity contribution in [3.63, 3.8) is 0 Å². The zero-order chi connectivity index (χ0) is 14.1. The van der Waals surface area contributed by atoms with Crippen molar-refractivity contribution in [1.29, 1.82) is 0 Å². The van der Waals surface area contributed by atoms with Crippen LogP contribution in [0.1, 0.15) is 36.3 Å². The van der Waals surface area contributed by atoms with Crippen molar-refractivity contribution in [3.05, 3.63) is 35.4 Å². The van der Waals surface area contributed by atoms with Crippen molar-refractivity contribution in [2.45, 2.75) is 31.6 Å². The SMILES string of the molecule is O=C(O)[C@@H]1CCN(C(=O)[C@@H]2CCCc3ccccc32)C1. The Morgan fingerprint density at radius 2 is 2.00 bits per heavy atom. The molecule has 1 aliphatic heterocycles. The van der Waals surface area contributed by atoms with Crippen LogP contribution in [0.2, 0.25) is 0 Å². The first kappa shape index (κ1) is 13.2. The van der Waals surface area contributed by atoms with Gasteiger partial charge in [-0.05, 0) is 36.8 Å². The summed E-state index contributed by atoms with van der Waals surface area (Å²) in [6, 6.07) is 8.14. The maximum atomic E-state index is 12.7. The molecule has 1 saturated heterocycles. The molecule has 4 heteroatoms. The van der Waals surface area contributed by atoms with Crippen LogP contribution in [0.4, 0.5) is 0 Å². The first-order valence-electron chi connectivity index (χ1n) is 7.26. The molecule has 0 bridgehead atoms. The molecule has 2 aliphatic rings. The molecule has 0 spiro atoms. The van der Waals surface area contributed by atoms with Gasteiger partial charge in [0.05, 0.1) is 11.8 Å². The van der Waals surface area contributed by atoms with Crippen molar-refractivity contribution < 1.29 is 14.7 Å². The summed E-state index contributed by atoms with van der Waals surface area (Å²) >= 11 is 0. The lowest BCUT2D eigenvalue weighted by Crippen LogP contribution is -2.35. The highest BCUT2D eigenvalue weighted by Gasteiger charge is 2.35. The van der Waals surface area contributed by atoms with Crippen LogP contribution in [0.3, 0.4) is 0 Å². The van der Waals surface area contributed by atoms with Gasteiger partial charge < -0.3 is 10.0 Å². The van der Waals surface area contributed by atoms with Crippen LogP contribution in [-0.2, 0) is 16.0 Å². The lowest BCUT2D eigenvalue weighted by atomic mass is 9.82. The maximum absolute atomic E-state index is 12.7. The van der Waals surface area contributed by atoms with Gasteiger partial charge in [-0.2, -0.15) is 0 Å². The number of carboxylic acid groups (broad SMARTS) is 1. The fraction of sp³-hybridized carbons (Fsp3) is 0.500. The van der Waals surface area contributed by atoms with Crippen molar-refractivity contribution >= 4 is 11.9 Å². The smallest absolute Gasteiger partial charge is 0.308 e. The number of hydrogen-bond donors (Lipinski definition) is 1. The molecule has 4 nitrogen and oxygen atoms in total. The summed E-state index contributed by atoms with van der Waals surface area (Å²) in [4.78, 5) is 25.4. The van der Waals surface area contributed by atoms with E-state index in [1.165, 1.54) is 5.56 Å². The molecule has 1 N–H and O–H groups in total. The summed E-state index contributed by atoms with van der Waals surface area (Å²) in [5.41, 5.74) is 2.41. The first-order chi connectivity index (χ1) is 9.66. The largest absolute Gasteiger partial charge is 0.481 e. The van der Waals surface area contributed by atoms with Crippen LogP contribution in [0.5, 0.6) is 0 Å². The van der Waals surface area contributed by atoms with Gasteiger partial charge in [0.2, 0.25) is 5.91 Å². The quantitative estimate of drug-likeness (QED) is 0.897. The van der Waals surface area contributed by atoms with E-state index in [1.807, 2.05) is 18.2 Å². The molecular formula is C16H19NO3. The summed E-state index contributed by atoms with van der Waals surface area (Å²) in [6.07, 6.45) is 3.53. The van der Waals surface area contributed by atoms with Crippen LogP contribution >= 0.6 is 0 Å². The second-order valence-electron chi connectivity index (χ2n) is 5.75. The van der Waals surface area contributed by atoms with Crippen molar-refractivity contribution in [2.75, 3.05) is 13.1 Å². The van der Waals surface area contributed by atoms with E-state index >= 15 is 0 Å². The molecule has 106 valence electrons. The molecule has 1 fully saturated rings. The Balaban J connectivity index is 1.78. The summed E-state index contributed by atoms with van der Waals surface area (Å²) < 4.78 is 0. The molecule has 1 amide bonds. The van der Waals surface area contributed by atoms with Gasteiger partial charge in [0.25, 0.3) is 0 Å². The van der Waals surface area contributed by atoms with E-state index in [2.05, 4.69) is 6.07 Å². The number of likely N-dealkylation sites (tertiary alicyclic amines) is 1. The van der Waals surface area contributed by atoms with Crippen LogP contribution in [0.15, 0.2) is 24.3 Å². The number of amides is 1. The van der Waals surface area contributed by atoms with Gasteiger partial charge in [0.15, 0.2) is 0 Å². The maximum Gasteiger partial charge on any atom is 0.308 e.